The van der Waals surface area contributed by atoms with Crippen LogP contribution >= 0.6 is 0 Å². The summed E-state index contributed by atoms with van der Waals surface area (Å²) in [5.41, 5.74) is 3.47. The molecule has 0 aromatic heterocycles. The van der Waals surface area contributed by atoms with Crippen LogP contribution in [0.3, 0.4) is 0 Å². The van der Waals surface area contributed by atoms with Crippen LogP contribution in [0, 0.1) is 40.8 Å². The molecular weight excluding hydrogens is 419 g/mol. The first kappa shape index (κ1) is 20.4. The van der Waals surface area contributed by atoms with Gasteiger partial charge in [0.15, 0.2) is 0 Å². The minimum atomic E-state index is -0.789. The van der Waals surface area contributed by atoms with E-state index in [4.69, 9.17) is 0 Å². The Bertz CT molecular complexity index is 1220. The Morgan fingerprint density at radius 1 is 1.24 bits per heavy atom. The fourth-order valence-corrected chi connectivity index (χ4v) is 6.52. The fourth-order valence-electron chi connectivity index (χ4n) is 6.52. The van der Waals surface area contributed by atoms with Crippen molar-refractivity contribution in [3.8, 4) is 17.2 Å². The Morgan fingerprint density at radius 2 is 2.03 bits per heavy atom. The summed E-state index contributed by atoms with van der Waals surface area (Å²) in [4.78, 5) is 24.6. The first-order chi connectivity index (χ1) is 15.9. The van der Waals surface area contributed by atoms with Gasteiger partial charge in [-0.1, -0.05) is 25.1 Å². The molecule has 2 heterocycles. The van der Waals surface area contributed by atoms with E-state index in [9.17, 15) is 19.2 Å². The number of hydrogen-bond acceptors (Lipinski definition) is 4. The van der Waals surface area contributed by atoms with Crippen molar-refractivity contribution in [1.29, 1.82) is 5.26 Å². The highest BCUT2D eigenvalue weighted by Crippen LogP contribution is 2.64. The van der Waals surface area contributed by atoms with E-state index in [1.54, 1.807) is 12.1 Å². The van der Waals surface area contributed by atoms with E-state index in [1.807, 2.05) is 18.2 Å². The lowest BCUT2D eigenvalue weighted by molar-refractivity contribution is -0.124. The van der Waals surface area contributed by atoms with Crippen molar-refractivity contribution in [1.82, 2.24) is 16.0 Å². The molecule has 0 radical (unpaired) electrons. The maximum atomic E-state index is 14.9. The summed E-state index contributed by atoms with van der Waals surface area (Å²) in [5, 5.41) is 18.7. The number of amides is 2. The van der Waals surface area contributed by atoms with Gasteiger partial charge in [0.25, 0.3) is 5.91 Å². The quantitative estimate of drug-likeness (QED) is 0.661. The van der Waals surface area contributed by atoms with Crippen LogP contribution in [0.15, 0.2) is 36.4 Å². The average Bonchev–Trinajstić information content (AvgIpc) is 3.16. The molecule has 7 heteroatoms. The molecule has 2 aliphatic heterocycles. The second-order valence-corrected chi connectivity index (χ2v) is 9.92. The molecule has 1 saturated heterocycles. The molecule has 4 aliphatic rings. The summed E-state index contributed by atoms with van der Waals surface area (Å²) in [5.74, 6) is 1.72. The van der Waals surface area contributed by atoms with Gasteiger partial charge in [-0.15, -0.1) is 0 Å². The minimum Gasteiger partial charge on any atom is -0.348 e. The molecule has 6 unspecified atom stereocenters. The molecule has 168 valence electrons. The van der Waals surface area contributed by atoms with Crippen molar-refractivity contribution >= 4 is 11.8 Å². The highest BCUT2D eigenvalue weighted by molar-refractivity contribution is 5.98. The Kier molecular flexibility index (Phi) is 4.56. The van der Waals surface area contributed by atoms with Gasteiger partial charge < -0.3 is 16.0 Å². The highest BCUT2D eigenvalue weighted by atomic mass is 19.1. The largest absolute Gasteiger partial charge is 0.348 e. The van der Waals surface area contributed by atoms with E-state index >= 15 is 0 Å². The number of nitriles is 1. The monoisotopic (exact) mass is 444 g/mol. The third kappa shape index (κ3) is 3.24. The summed E-state index contributed by atoms with van der Waals surface area (Å²) in [6, 6.07) is 11.9. The zero-order valence-electron chi connectivity index (χ0n) is 18.3. The number of carbonyl (C=O) groups excluding carboxylic acids is 2. The molecule has 2 saturated carbocycles. The summed E-state index contributed by atoms with van der Waals surface area (Å²) in [6.07, 6.45) is 1.15. The molecule has 2 aliphatic carbocycles. The van der Waals surface area contributed by atoms with Gasteiger partial charge in [-0.05, 0) is 70.5 Å². The first-order valence-electron chi connectivity index (χ1n) is 11.6. The topological polar surface area (TPSA) is 94.0 Å². The Balaban J connectivity index is 1.14. The molecule has 3 N–H and O–H groups in total. The van der Waals surface area contributed by atoms with Crippen LogP contribution in [0.1, 0.15) is 34.8 Å². The third-order valence-corrected chi connectivity index (χ3v) is 8.18. The van der Waals surface area contributed by atoms with Crippen LogP contribution < -0.4 is 16.0 Å². The van der Waals surface area contributed by atoms with Gasteiger partial charge in [-0.25, -0.2) is 4.39 Å². The molecule has 3 fully saturated rings. The van der Waals surface area contributed by atoms with Gasteiger partial charge in [-0.3, -0.25) is 9.59 Å². The van der Waals surface area contributed by atoms with Crippen LogP contribution in [-0.2, 0) is 17.8 Å². The number of hydrogen-bond donors (Lipinski definition) is 3. The summed E-state index contributed by atoms with van der Waals surface area (Å²) >= 11 is 0. The number of benzene rings is 2. The number of carbonyl (C=O) groups is 2. The van der Waals surface area contributed by atoms with Crippen LogP contribution in [0.5, 0.6) is 0 Å². The van der Waals surface area contributed by atoms with Gasteiger partial charge in [0.1, 0.15) is 11.9 Å². The van der Waals surface area contributed by atoms with E-state index in [1.165, 1.54) is 6.07 Å². The molecule has 2 aromatic carbocycles. The number of nitrogens with one attached hydrogen (secondary N) is 3. The highest BCUT2D eigenvalue weighted by Gasteiger charge is 2.67. The summed E-state index contributed by atoms with van der Waals surface area (Å²) < 4.78 is 14.9. The van der Waals surface area contributed by atoms with Gasteiger partial charge in [0.05, 0.1) is 12.1 Å². The molecule has 2 bridgehead atoms. The second kappa shape index (κ2) is 7.39. The van der Waals surface area contributed by atoms with Crippen molar-refractivity contribution in [2.45, 2.75) is 44.4 Å². The number of nitrogens with zero attached hydrogens (tertiary/aromatic N) is 1. The van der Waals surface area contributed by atoms with Crippen LogP contribution in [0.2, 0.25) is 0 Å². The molecular formula is C26H25FN4O2. The maximum absolute atomic E-state index is 14.9. The lowest BCUT2D eigenvalue weighted by atomic mass is 9.94. The first-order valence-corrected chi connectivity index (χ1v) is 11.6. The van der Waals surface area contributed by atoms with E-state index < -0.39 is 11.9 Å². The van der Waals surface area contributed by atoms with Gasteiger partial charge in [-0.2, -0.15) is 5.26 Å². The second-order valence-electron chi connectivity index (χ2n) is 9.92. The normalized spacial score (nSPS) is 31.4. The van der Waals surface area contributed by atoms with Crippen LogP contribution in [0.4, 0.5) is 4.39 Å². The molecule has 2 aromatic rings. The molecule has 2 amide bonds. The summed E-state index contributed by atoms with van der Waals surface area (Å²) in [6.45, 7) is 2.73. The fraction of sp³-hybridized carbons (Fsp3) is 0.423. The van der Waals surface area contributed by atoms with E-state index in [0.29, 0.717) is 52.9 Å². The standard InChI is InChI=1S/C26H25FN4O2/c1-12-22-19-9-21(23(12)22)31-24(19)26(33)30-17(10-28)7-15-3-2-14(8-20(15)27)13-4-5-18-16(6-13)11-29-25(18)32/h2-6,8,12,17,19,21-24,31H,7,9,11H2,1H3,(H,29,32)(H,30,33)/t12?,17-,19?,21?,22?,23?,24?/m0/s1. The Labute approximate surface area is 191 Å². The van der Waals surface area contributed by atoms with Crippen molar-refractivity contribution in [2.24, 2.45) is 23.7 Å². The zero-order chi connectivity index (χ0) is 22.9. The lowest BCUT2D eigenvalue weighted by Gasteiger charge is -2.23. The van der Waals surface area contributed by atoms with E-state index in [2.05, 4.69) is 28.9 Å². The summed E-state index contributed by atoms with van der Waals surface area (Å²) in [7, 11) is 0. The van der Waals surface area contributed by atoms with Crippen molar-refractivity contribution in [2.75, 3.05) is 0 Å². The van der Waals surface area contributed by atoms with Crippen LogP contribution in [0.25, 0.3) is 11.1 Å². The zero-order valence-corrected chi connectivity index (χ0v) is 18.3. The van der Waals surface area contributed by atoms with Crippen molar-refractivity contribution < 1.29 is 14.0 Å². The molecule has 0 spiro atoms. The molecule has 33 heavy (non-hydrogen) atoms. The Hall–Kier alpha value is -3.24. The predicted molar refractivity (Wildman–Crippen MR) is 119 cm³/mol. The lowest BCUT2D eigenvalue weighted by Crippen LogP contribution is -2.51. The van der Waals surface area contributed by atoms with Crippen molar-refractivity contribution in [3.63, 3.8) is 0 Å². The smallest absolute Gasteiger partial charge is 0.251 e. The number of piperidine rings is 1. The Morgan fingerprint density at radius 3 is 2.79 bits per heavy atom. The van der Waals surface area contributed by atoms with Crippen molar-refractivity contribution in [3.05, 3.63) is 58.9 Å². The number of halogens is 1. The predicted octanol–water partition coefficient (Wildman–Crippen LogP) is 2.53. The number of rotatable bonds is 5. The van der Waals surface area contributed by atoms with Gasteiger partial charge in [0, 0.05) is 24.6 Å². The minimum absolute atomic E-state index is 0.0882. The van der Waals surface area contributed by atoms with Gasteiger partial charge in [0.2, 0.25) is 5.91 Å². The molecule has 6 nitrogen and oxygen atoms in total. The third-order valence-electron chi connectivity index (χ3n) is 8.18. The van der Waals surface area contributed by atoms with Gasteiger partial charge >= 0.3 is 0 Å². The SMILES string of the molecule is CC1C2C3CC(C(C(=O)N[C@H](C#N)Cc4ccc(-c5ccc6c(c5)CNC6=O)cc4F)N3)C12. The van der Waals surface area contributed by atoms with E-state index in [-0.39, 0.29) is 24.3 Å². The van der Waals surface area contributed by atoms with Crippen LogP contribution in [-0.4, -0.2) is 29.9 Å². The average molecular weight is 445 g/mol. The van der Waals surface area contributed by atoms with E-state index in [0.717, 1.165) is 17.5 Å². The molecule has 7 atom stereocenters. The number of fused-ring (bicyclic) bond motifs is 6. The maximum Gasteiger partial charge on any atom is 0.251 e. The molecule has 6 rings (SSSR count).